The Hall–Kier alpha value is -0.0200. The van der Waals surface area contributed by atoms with E-state index in [1.54, 1.807) is 11.3 Å². The Labute approximate surface area is 159 Å². The van der Waals surface area contributed by atoms with Crippen LogP contribution in [0.15, 0.2) is 10.4 Å². The molecule has 1 fully saturated rings. The average molecular weight is 454 g/mol. The summed E-state index contributed by atoms with van der Waals surface area (Å²) in [5.41, 5.74) is 1.07. The summed E-state index contributed by atoms with van der Waals surface area (Å²) < 4.78 is 0.353. The minimum Gasteiger partial charge on any atom is -0.357 e. The van der Waals surface area contributed by atoms with Gasteiger partial charge in [-0.25, -0.2) is 9.98 Å². The van der Waals surface area contributed by atoms with Gasteiger partial charge >= 0.3 is 0 Å². The van der Waals surface area contributed by atoms with Gasteiger partial charge in [-0.05, 0) is 38.9 Å². The molecule has 0 aromatic carbocycles. The molecule has 22 heavy (non-hydrogen) atoms. The molecule has 1 aliphatic rings. The van der Waals surface area contributed by atoms with Gasteiger partial charge in [-0.3, -0.25) is 0 Å². The molecule has 0 amide bonds. The monoisotopic (exact) mass is 454 g/mol. The van der Waals surface area contributed by atoms with E-state index in [4.69, 9.17) is 0 Å². The van der Waals surface area contributed by atoms with Gasteiger partial charge in [0.25, 0.3) is 0 Å². The second-order valence-corrected chi connectivity index (χ2v) is 8.16. The van der Waals surface area contributed by atoms with Gasteiger partial charge in [0.1, 0.15) is 0 Å². The molecule has 2 heterocycles. The van der Waals surface area contributed by atoms with Crippen LogP contribution < -0.4 is 10.6 Å². The highest BCUT2D eigenvalue weighted by molar-refractivity contribution is 14.0. The number of guanidine groups is 1. The summed E-state index contributed by atoms with van der Waals surface area (Å²) in [6.45, 7) is 9.08. The lowest BCUT2D eigenvalue weighted by Crippen LogP contribution is -2.43. The van der Waals surface area contributed by atoms with Crippen molar-refractivity contribution in [2.45, 2.75) is 51.3 Å². The first-order valence-electron chi connectivity index (χ1n) is 7.74. The Kier molecular flexibility index (Phi) is 9.08. The fourth-order valence-electron chi connectivity index (χ4n) is 2.33. The van der Waals surface area contributed by atoms with Gasteiger partial charge in [-0.15, -0.1) is 35.3 Å². The lowest BCUT2D eigenvalue weighted by Gasteiger charge is -2.24. The SMILES string of the molecule is CCNC(=NCc1csc(CC)n1)NCC1(C)CCCS1.I. The maximum absolute atomic E-state index is 4.65. The Morgan fingerprint density at radius 1 is 1.41 bits per heavy atom. The van der Waals surface area contributed by atoms with Crippen LogP contribution in [-0.2, 0) is 13.0 Å². The number of nitrogens with one attached hydrogen (secondary N) is 2. The van der Waals surface area contributed by atoms with Crippen LogP contribution in [0.4, 0.5) is 0 Å². The van der Waals surface area contributed by atoms with E-state index in [1.807, 2.05) is 0 Å². The number of hydrogen-bond acceptors (Lipinski definition) is 4. The van der Waals surface area contributed by atoms with Crippen LogP contribution in [0.5, 0.6) is 0 Å². The van der Waals surface area contributed by atoms with Crippen molar-refractivity contribution < 1.29 is 0 Å². The van der Waals surface area contributed by atoms with Crippen molar-refractivity contribution in [2.24, 2.45) is 4.99 Å². The summed E-state index contributed by atoms with van der Waals surface area (Å²) in [6, 6.07) is 0. The number of nitrogens with zero attached hydrogens (tertiary/aromatic N) is 2. The molecule has 7 heteroatoms. The van der Waals surface area contributed by atoms with Crippen molar-refractivity contribution in [2.75, 3.05) is 18.8 Å². The number of rotatable bonds is 6. The van der Waals surface area contributed by atoms with E-state index in [1.165, 1.54) is 23.6 Å². The highest BCUT2D eigenvalue weighted by Gasteiger charge is 2.29. The highest BCUT2D eigenvalue weighted by Crippen LogP contribution is 2.36. The number of thiazole rings is 1. The molecule has 0 aliphatic carbocycles. The number of halogens is 1. The van der Waals surface area contributed by atoms with Gasteiger partial charge in [0.2, 0.25) is 0 Å². The van der Waals surface area contributed by atoms with Crippen molar-refractivity contribution in [3.05, 3.63) is 16.1 Å². The Morgan fingerprint density at radius 2 is 2.23 bits per heavy atom. The van der Waals surface area contributed by atoms with Gasteiger partial charge in [0.05, 0.1) is 17.2 Å². The Bertz CT molecular complexity index is 470. The molecule has 0 radical (unpaired) electrons. The Morgan fingerprint density at radius 3 is 2.82 bits per heavy atom. The molecule has 126 valence electrons. The van der Waals surface area contributed by atoms with E-state index in [-0.39, 0.29) is 24.0 Å². The third-order valence-electron chi connectivity index (χ3n) is 3.58. The molecule has 1 atom stereocenters. The summed E-state index contributed by atoms with van der Waals surface area (Å²) >= 11 is 3.79. The summed E-state index contributed by atoms with van der Waals surface area (Å²) in [5, 5.41) is 10.1. The van der Waals surface area contributed by atoms with Crippen LogP contribution in [0.1, 0.15) is 44.3 Å². The smallest absolute Gasteiger partial charge is 0.191 e. The molecular formula is C15H27IN4S2. The topological polar surface area (TPSA) is 49.3 Å². The van der Waals surface area contributed by atoms with E-state index in [0.717, 1.165) is 31.2 Å². The second kappa shape index (κ2) is 9.97. The largest absolute Gasteiger partial charge is 0.357 e. The van der Waals surface area contributed by atoms with E-state index in [9.17, 15) is 0 Å². The van der Waals surface area contributed by atoms with Gasteiger partial charge in [-0.2, -0.15) is 11.8 Å². The molecule has 1 aromatic heterocycles. The molecule has 1 unspecified atom stereocenters. The number of hydrogen-bond donors (Lipinski definition) is 2. The van der Waals surface area contributed by atoms with Crippen molar-refractivity contribution in [3.63, 3.8) is 0 Å². The maximum Gasteiger partial charge on any atom is 0.191 e. The van der Waals surface area contributed by atoms with Crippen molar-refractivity contribution in [1.29, 1.82) is 0 Å². The van der Waals surface area contributed by atoms with Crippen molar-refractivity contribution in [1.82, 2.24) is 15.6 Å². The van der Waals surface area contributed by atoms with Gasteiger partial charge in [-0.1, -0.05) is 6.92 Å². The fraction of sp³-hybridized carbons (Fsp3) is 0.733. The Balaban J connectivity index is 0.00000242. The van der Waals surface area contributed by atoms with E-state index in [0.29, 0.717) is 11.3 Å². The number of aliphatic imine (C=N–C) groups is 1. The van der Waals surface area contributed by atoms with Crippen LogP contribution in [-0.4, -0.2) is 34.5 Å². The predicted octanol–water partition coefficient (Wildman–Crippen LogP) is 3.66. The molecule has 4 nitrogen and oxygen atoms in total. The third kappa shape index (κ3) is 6.23. The molecule has 0 bridgehead atoms. The van der Waals surface area contributed by atoms with E-state index in [2.05, 4.69) is 58.5 Å². The molecule has 0 saturated carbocycles. The summed E-state index contributed by atoms with van der Waals surface area (Å²) in [5.74, 6) is 2.18. The minimum atomic E-state index is 0. The maximum atomic E-state index is 4.65. The third-order valence-corrected chi connectivity index (χ3v) is 6.16. The van der Waals surface area contributed by atoms with Gasteiger partial charge in [0, 0.05) is 23.2 Å². The van der Waals surface area contributed by atoms with Gasteiger partial charge in [0.15, 0.2) is 5.96 Å². The first-order chi connectivity index (χ1) is 10.1. The van der Waals surface area contributed by atoms with Crippen LogP contribution in [0, 0.1) is 0 Å². The zero-order valence-corrected chi connectivity index (χ0v) is 17.6. The molecule has 1 aliphatic heterocycles. The first kappa shape index (κ1) is 20.0. The van der Waals surface area contributed by atoms with Crippen molar-refractivity contribution in [3.8, 4) is 0 Å². The molecular weight excluding hydrogens is 427 g/mol. The van der Waals surface area contributed by atoms with Gasteiger partial charge < -0.3 is 10.6 Å². The van der Waals surface area contributed by atoms with Crippen LogP contribution in [0.3, 0.4) is 0 Å². The lowest BCUT2D eigenvalue weighted by atomic mass is 10.1. The first-order valence-corrected chi connectivity index (χ1v) is 9.61. The standard InChI is InChI=1S/C15H26N4S2.HI/c1-4-13-19-12(10-20-13)9-17-14(16-5-2)18-11-15(3)7-6-8-21-15;/h10H,4-9,11H2,1-3H3,(H2,16,17,18);1H. The van der Waals surface area contributed by atoms with E-state index >= 15 is 0 Å². The summed E-state index contributed by atoms with van der Waals surface area (Å²) in [4.78, 5) is 9.22. The fourth-order valence-corrected chi connectivity index (χ4v) is 4.31. The molecule has 0 spiro atoms. The van der Waals surface area contributed by atoms with Crippen LogP contribution in [0.2, 0.25) is 0 Å². The lowest BCUT2D eigenvalue weighted by molar-refractivity contribution is 0.584. The highest BCUT2D eigenvalue weighted by atomic mass is 127. The summed E-state index contributed by atoms with van der Waals surface area (Å²) in [6.07, 6.45) is 3.62. The number of aromatic nitrogens is 1. The normalized spacial score (nSPS) is 21.5. The number of aryl methyl sites for hydroxylation is 1. The predicted molar refractivity (Wildman–Crippen MR) is 110 cm³/mol. The van der Waals surface area contributed by atoms with E-state index < -0.39 is 0 Å². The molecule has 1 saturated heterocycles. The molecule has 2 rings (SSSR count). The van der Waals surface area contributed by atoms with Crippen LogP contribution in [0.25, 0.3) is 0 Å². The molecule has 1 aromatic rings. The summed E-state index contributed by atoms with van der Waals surface area (Å²) in [7, 11) is 0. The average Bonchev–Trinajstić information content (AvgIpc) is 3.11. The van der Waals surface area contributed by atoms with Crippen LogP contribution >= 0.6 is 47.1 Å². The number of thioether (sulfide) groups is 1. The zero-order chi connectivity index (χ0) is 15.1. The second-order valence-electron chi connectivity index (χ2n) is 5.54. The molecule has 2 N–H and O–H groups in total. The van der Waals surface area contributed by atoms with Crippen molar-refractivity contribution >= 4 is 53.0 Å². The zero-order valence-electron chi connectivity index (χ0n) is 13.6. The minimum absolute atomic E-state index is 0. The quantitative estimate of drug-likeness (QED) is 0.391.